The molecular weight excluding hydrogens is 250 g/mol. The average molecular weight is 279 g/mol. The van der Waals surface area contributed by atoms with Crippen LogP contribution >= 0.6 is 0 Å². The summed E-state index contributed by atoms with van der Waals surface area (Å²) >= 11 is 0. The molecule has 0 amide bonds. The van der Waals surface area contributed by atoms with Crippen molar-refractivity contribution in [1.29, 1.82) is 0 Å². The van der Waals surface area contributed by atoms with Gasteiger partial charge in [-0.05, 0) is 36.6 Å². The smallest absolute Gasteiger partial charge is 0.119 e. The largest absolute Gasteiger partial charge is 0.494 e. The van der Waals surface area contributed by atoms with Crippen LogP contribution in [0.15, 0.2) is 24.3 Å². The number of nitrogen functional groups attached to an aromatic ring is 1. The molecule has 1 aromatic rings. The Hall–Kier alpha value is -1.22. The standard InChI is InChI=1S/C17H29NO2/c1-3-5-7-15(4-2)14-19-12-6-13-20-17-10-8-16(18)9-11-17/h8-11,15H,3-7,12-14,18H2,1-2H3. The molecule has 1 aromatic carbocycles. The van der Waals surface area contributed by atoms with Gasteiger partial charge < -0.3 is 15.2 Å². The van der Waals surface area contributed by atoms with Crippen LogP contribution in [0, 0.1) is 5.92 Å². The van der Waals surface area contributed by atoms with Gasteiger partial charge in [-0.2, -0.15) is 0 Å². The van der Waals surface area contributed by atoms with Crippen LogP contribution < -0.4 is 10.5 Å². The summed E-state index contributed by atoms with van der Waals surface area (Å²) in [5, 5.41) is 0. The van der Waals surface area contributed by atoms with Crippen molar-refractivity contribution in [3.63, 3.8) is 0 Å². The number of nitrogens with two attached hydrogens (primary N) is 1. The maximum Gasteiger partial charge on any atom is 0.119 e. The number of hydrogen-bond acceptors (Lipinski definition) is 3. The summed E-state index contributed by atoms with van der Waals surface area (Å²) in [6.45, 7) is 6.83. The lowest BCUT2D eigenvalue weighted by Crippen LogP contribution is -2.11. The van der Waals surface area contributed by atoms with Crippen molar-refractivity contribution in [2.75, 3.05) is 25.6 Å². The molecule has 0 aliphatic carbocycles. The lowest BCUT2D eigenvalue weighted by molar-refractivity contribution is 0.0842. The van der Waals surface area contributed by atoms with Crippen molar-refractivity contribution in [2.45, 2.75) is 46.0 Å². The van der Waals surface area contributed by atoms with Crippen molar-refractivity contribution in [2.24, 2.45) is 5.92 Å². The Labute approximate surface area is 123 Å². The van der Waals surface area contributed by atoms with Gasteiger partial charge in [0.2, 0.25) is 0 Å². The quantitative estimate of drug-likeness (QED) is 0.486. The second-order valence-electron chi connectivity index (χ2n) is 5.26. The van der Waals surface area contributed by atoms with Crippen molar-refractivity contribution in [1.82, 2.24) is 0 Å². The van der Waals surface area contributed by atoms with Gasteiger partial charge in [0.1, 0.15) is 5.75 Å². The number of hydrogen-bond donors (Lipinski definition) is 1. The van der Waals surface area contributed by atoms with Gasteiger partial charge in [0.05, 0.1) is 6.61 Å². The Morgan fingerprint density at radius 3 is 2.45 bits per heavy atom. The minimum absolute atomic E-state index is 0.690. The number of anilines is 1. The Morgan fingerprint density at radius 1 is 1.05 bits per heavy atom. The molecule has 20 heavy (non-hydrogen) atoms. The van der Waals surface area contributed by atoms with Gasteiger partial charge in [-0.3, -0.25) is 0 Å². The zero-order chi connectivity index (χ0) is 14.6. The summed E-state index contributed by atoms with van der Waals surface area (Å²) in [6.07, 6.45) is 6.00. The van der Waals surface area contributed by atoms with Crippen molar-refractivity contribution in [3.8, 4) is 5.75 Å². The van der Waals surface area contributed by atoms with Crippen LogP contribution in [-0.4, -0.2) is 19.8 Å². The van der Waals surface area contributed by atoms with Crippen LogP contribution in [-0.2, 0) is 4.74 Å². The molecule has 0 saturated heterocycles. The molecule has 0 radical (unpaired) electrons. The van der Waals surface area contributed by atoms with E-state index in [1.807, 2.05) is 24.3 Å². The normalized spacial score (nSPS) is 12.3. The molecule has 0 aliphatic rings. The Kier molecular flexibility index (Phi) is 8.88. The minimum Gasteiger partial charge on any atom is -0.494 e. The fraction of sp³-hybridized carbons (Fsp3) is 0.647. The van der Waals surface area contributed by atoms with Gasteiger partial charge in [-0.15, -0.1) is 0 Å². The molecule has 2 N–H and O–H groups in total. The van der Waals surface area contributed by atoms with E-state index in [-0.39, 0.29) is 0 Å². The van der Waals surface area contributed by atoms with E-state index in [2.05, 4.69) is 13.8 Å². The fourth-order valence-corrected chi connectivity index (χ4v) is 2.06. The molecule has 1 atom stereocenters. The van der Waals surface area contributed by atoms with E-state index in [1.54, 1.807) is 0 Å². The third kappa shape index (κ3) is 7.39. The Balaban J connectivity index is 2.02. The molecule has 0 fully saturated rings. The van der Waals surface area contributed by atoms with Crippen molar-refractivity contribution < 1.29 is 9.47 Å². The molecule has 0 heterocycles. The minimum atomic E-state index is 0.690. The molecule has 0 bridgehead atoms. The molecule has 0 spiro atoms. The van der Waals surface area contributed by atoms with Crippen LogP contribution in [0.1, 0.15) is 46.0 Å². The van der Waals surface area contributed by atoms with Gasteiger partial charge in [0.25, 0.3) is 0 Å². The van der Waals surface area contributed by atoms with E-state index in [1.165, 1.54) is 25.7 Å². The number of unbranched alkanes of at least 4 members (excludes halogenated alkanes) is 1. The van der Waals surface area contributed by atoms with E-state index in [9.17, 15) is 0 Å². The summed E-state index contributed by atoms with van der Waals surface area (Å²) in [5.41, 5.74) is 6.38. The van der Waals surface area contributed by atoms with Gasteiger partial charge >= 0.3 is 0 Å². The fourth-order valence-electron chi connectivity index (χ4n) is 2.06. The van der Waals surface area contributed by atoms with Crippen LogP contribution in [0.25, 0.3) is 0 Å². The summed E-state index contributed by atoms with van der Waals surface area (Å²) in [4.78, 5) is 0. The highest BCUT2D eigenvalue weighted by Gasteiger charge is 2.05. The monoisotopic (exact) mass is 279 g/mol. The molecule has 0 aromatic heterocycles. The molecule has 1 rings (SSSR count). The molecule has 0 saturated carbocycles. The first-order valence-electron chi connectivity index (χ1n) is 7.82. The highest BCUT2D eigenvalue weighted by Crippen LogP contribution is 2.14. The first-order valence-corrected chi connectivity index (χ1v) is 7.82. The molecule has 114 valence electrons. The van der Waals surface area contributed by atoms with E-state index in [0.29, 0.717) is 12.5 Å². The molecule has 3 nitrogen and oxygen atoms in total. The topological polar surface area (TPSA) is 44.5 Å². The Bertz CT molecular complexity index is 337. The predicted octanol–water partition coefficient (Wildman–Crippen LogP) is 4.27. The third-order valence-corrected chi connectivity index (χ3v) is 3.48. The zero-order valence-electron chi connectivity index (χ0n) is 12.9. The highest BCUT2D eigenvalue weighted by molar-refractivity contribution is 5.41. The molecule has 1 unspecified atom stereocenters. The summed E-state index contributed by atoms with van der Waals surface area (Å²) in [5.74, 6) is 1.58. The van der Waals surface area contributed by atoms with Gasteiger partial charge in [0.15, 0.2) is 0 Å². The second kappa shape index (κ2) is 10.6. The van der Waals surface area contributed by atoms with E-state index >= 15 is 0 Å². The second-order valence-corrected chi connectivity index (χ2v) is 5.26. The van der Waals surface area contributed by atoms with Gasteiger partial charge in [-0.25, -0.2) is 0 Å². The molecule has 3 heteroatoms. The van der Waals surface area contributed by atoms with Crippen molar-refractivity contribution in [3.05, 3.63) is 24.3 Å². The van der Waals surface area contributed by atoms with Crippen LogP contribution in [0.5, 0.6) is 5.75 Å². The number of ether oxygens (including phenoxy) is 2. The third-order valence-electron chi connectivity index (χ3n) is 3.48. The van der Waals surface area contributed by atoms with E-state index in [4.69, 9.17) is 15.2 Å². The number of rotatable bonds is 11. The van der Waals surface area contributed by atoms with E-state index in [0.717, 1.165) is 31.1 Å². The molecular formula is C17H29NO2. The lowest BCUT2D eigenvalue weighted by atomic mass is 10.0. The first-order chi connectivity index (χ1) is 9.76. The summed E-state index contributed by atoms with van der Waals surface area (Å²) < 4.78 is 11.4. The maximum absolute atomic E-state index is 5.74. The van der Waals surface area contributed by atoms with Gasteiger partial charge in [0, 0.05) is 25.3 Å². The number of benzene rings is 1. The summed E-state index contributed by atoms with van der Waals surface area (Å²) in [6, 6.07) is 7.50. The maximum atomic E-state index is 5.74. The van der Waals surface area contributed by atoms with Gasteiger partial charge in [-0.1, -0.05) is 33.1 Å². The van der Waals surface area contributed by atoms with Crippen LogP contribution in [0.4, 0.5) is 5.69 Å². The van der Waals surface area contributed by atoms with Crippen LogP contribution in [0.3, 0.4) is 0 Å². The average Bonchev–Trinajstić information content (AvgIpc) is 2.47. The SMILES string of the molecule is CCCCC(CC)COCCCOc1ccc(N)cc1. The predicted molar refractivity (Wildman–Crippen MR) is 85.1 cm³/mol. The highest BCUT2D eigenvalue weighted by atomic mass is 16.5. The Morgan fingerprint density at radius 2 is 1.80 bits per heavy atom. The summed E-state index contributed by atoms with van der Waals surface area (Å²) in [7, 11) is 0. The zero-order valence-corrected chi connectivity index (χ0v) is 12.9. The first kappa shape index (κ1) is 16.8. The van der Waals surface area contributed by atoms with Crippen LogP contribution in [0.2, 0.25) is 0 Å². The molecule has 0 aliphatic heterocycles. The van der Waals surface area contributed by atoms with Crippen molar-refractivity contribution >= 4 is 5.69 Å². The van der Waals surface area contributed by atoms with E-state index < -0.39 is 0 Å². The lowest BCUT2D eigenvalue weighted by Gasteiger charge is -2.14.